The summed E-state index contributed by atoms with van der Waals surface area (Å²) in [4.78, 5) is 30.7. The highest BCUT2D eigenvalue weighted by molar-refractivity contribution is 5.85. The lowest BCUT2D eigenvalue weighted by Crippen LogP contribution is -2.36. The van der Waals surface area contributed by atoms with E-state index in [1.54, 1.807) is 44.1 Å². The third kappa shape index (κ3) is 5.96. The lowest BCUT2D eigenvalue weighted by molar-refractivity contribution is 0.0221. The first kappa shape index (κ1) is 22.6. The Hall–Kier alpha value is -3.10. The van der Waals surface area contributed by atoms with Crippen LogP contribution in [0.2, 0.25) is 0 Å². The van der Waals surface area contributed by atoms with Gasteiger partial charge in [-0.1, -0.05) is 0 Å². The molecule has 0 spiro atoms. The Balaban J connectivity index is 1.81. The quantitative estimate of drug-likeness (QED) is 0.719. The molecule has 0 aromatic carbocycles. The molecule has 1 saturated heterocycles. The lowest BCUT2D eigenvalue weighted by atomic mass is 10.0. The molecule has 0 radical (unpaired) electrons. The molecule has 9 heteroatoms. The highest BCUT2D eigenvalue weighted by Gasteiger charge is 2.35. The average molecular weight is 430 g/mol. The largest absolute Gasteiger partial charge is 0.444 e. The molecule has 31 heavy (non-hydrogen) atoms. The van der Waals surface area contributed by atoms with E-state index in [0.29, 0.717) is 12.4 Å². The number of hydrogen-bond donors (Lipinski definition) is 2. The van der Waals surface area contributed by atoms with Crippen LogP contribution >= 0.6 is 0 Å². The Morgan fingerprint density at radius 1 is 1.16 bits per heavy atom. The third-order valence-electron chi connectivity index (χ3n) is 4.58. The first-order valence-electron chi connectivity index (χ1n) is 10.4. The summed E-state index contributed by atoms with van der Waals surface area (Å²) in [5.74, 6) is 0.370. The molecule has 3 rings (SSSR count). The van der Waals surface area contributed by atoms with Crippen molar-refractivity contribution in [3.05, 3.63) is 30.2 Å². The van der Waals surface area contributed by atoms with E-state index in [1.807, 2.05) is 26.8 Å². The Morgan fingerprint density at radius 2 is 1.87 bits per heavy atom. The zero-order chi connectivity index (χ0) is 22.8. The normalized spacial score (nSPS) is 16.8. The average Bonchev–Trinajstić information content (AvgIpc) is 3.27. The molecule has 3 heterocycles. The van der Waals surface area contributed by atoms with Gasteiger partial charge >= 0.3 is 12.2 Å². The molecule has 2 aromatic rings. The summed E-state index contributed by atoms with van der Waals surface area (Å²) >= 11 is 0. The van der Waals surface area contributed by atoms with E-state index in [4.69, 9.17) is 9.47 Å². The van der Waals surface area contributed by atoms with Crippen molar-refractivity contribution in [2.24, 2.45) is 0 Å². The Morgan fingerprint density at radius 3 is 2.55 bits per heavy atom. The first-order chi connectivity index (χ1) is 14.4. The van der Waals surface area contributed by atoms with Crippen molar-refractivity contribution in [2.75, 3.05) is 11.9 Å². The van der Waals surface area contributed by atoms with Gasteiger partial charge in [0.2, 0.25) is 0 Å². The second kappa shape index (κ2) is 8.56. The number of aromatic nitrogens is 3. The molecule has 9 nitrogen and oxygen atoms in total. The Labute approximate surface area is 182 Å². The van der Waals surface area contributed by atoms with Gasteiger partial charge in [-0.05, 0) is 72.1 Å². The van der Waals surface area contributed by atoms with Crippen molar-refractivity contribution < 1.29 is 19.1 Å². The number of carbonyl (C=O) groups excluding carboxylic acids is 2. The first-order valence-corrected chi connectivity index (χ1v) is 10.4. The van der Waals surface area contributed by atoms with E-state index >= 15 is 0 Å². The van der Waals surface area contributed by atoms with Gasteiger partial charge in [-0.3, -0.25) is 15.3 Å². The summed E-state index contributed by atoms with van der Waals surface area (Å²) in [6.45, 7) is 11.6. The number of anilines is 1. The Kier molecular flexibility index (Phi) is 6.24. The zero-order valence-corrected chi connectivity index (χ0v) is 19.0. The number of likely N-dealkylation sites (tertiary alicyclic amines) is 1. The van der Waals surface area contributed by atoms with Crippen LogP contribution in [0.5, 0.6) is 0 Å². The van der Waals surface area contributed by atoms with Gasteiger partial charge < -0.3 is 9.47 Å². The van der Waals surface area contributed by atoms with Crippen LogP contribution in [-0.2, 0) is 9.47 Å². The van der Waals surface area contributed by atoms with Crippen molar-refractivity contribution in [1.82, 2.24) is 20.1 Å². The second-order valence-electron chi connectivity index (χ2n) is 9.59. The number of carbonyl (C=O) groups is 2. The van der Waals surface area contributed by atoms with Crippen LogP contribution in [0.1, 0.15) is 66.1 Å². The molecule has 1 fully saturated rings. The van der Waals surface area contributed by atoms with E-state index in [-0.39, 0.29) is 12.1 Å². The number of hydrogen-bond acceptors (Lipinski definition) is 6. The van der Waals surface area contributed by atoms with Gasteiger partial charge in [0.05, 0.1) is 17.9 Å². The molecule has 2 amide bonds. The van der Waals surface area contributed by atoms with Gasteiger partial charge in [-0.25, -0.2) is 14.6 Å². The molecule has 1 aliphatic heterocycles. The third-order valence-corrected chi connectivity index (χ3v) is 4.58. The van der Waals surface area contributed by atoms with Crippen molar-refractivity contribution >= 4 is 18.0 Å². The van der Waals surface area contributed by atoms with Crippen molar-refractivity contribution in [1.29, 1.82) is 0 Å². The summed E-state index contributed by atoms with van der Waals surface area (Å²) < 4.78 is 10.9. The Bertz CT molecular complexity index is 942. The minimum atomic E-state index is -0.604. The van der Waals surface area contributed by atoms with Gasteiger partial charge in [-0.2, -0.15) is 5.10 Å². The number of nitrogens with one attached hydrogen (secondary N) is 2. The van der Waals surface area contributed by atoms with Gasteiger partial charge in [0.25, 0.3) is 0 Å². The van der Waals surface area contributed by atoms with Crippen molar-refractivity contribution in [3.63, 3.8) is 0 Å². The maximum Gasteiger partial charge on any atom is 0.413 e. The van der Waals surface area contributed by atoms with Crippen LogP contribution in [0.4, 0.5) is 15.4 Å². The number of amides is 2. The standard InChI is InChI=1S/C22H31N5O4/c1-21(2,3)30-19(28)25-17-12-14(9-10-23-17)15-13-24-26-18(15)16-8-7-11-27(16)20(29)31-22(4,5)6/h9-10,12-13,16H,7-8,11H2,1-6H3,(H,24,26)(H,23,25,28)/t16-/m1/s1. The predicted octanol–water partition coefficient (Wildman–Crippen LogP) is 4.89. The molecule has 0 saturated carbocycles. The molecular weight excluding hydrogens is 398 g/mol. The molecule has 2 aromatic heterocycles. The highest BCUT2D eigenvalue weighted by atomic mass is 16.6. The van der Waals surface area contributed by atoms with Crippen LogP contribution < -0.4 is 5.32 Å². The number of H-pyrrole nitrogens is 1. The number of pyridine rings is 1. The van der Waals surface area contributed by atoms with E-state index in [9.17, 15) is 9.59 Å². The molecule has 1 atom stereocenters. The van der Waals surface area contributed by atoms with Crippen LogP contribution in [-0.4, -0.2) is 50.0 Å². The fourth-order valence-corrected chi connectivity index (χ4v) is 3.46. The molecular formula is C22H31N5O4. The number of rotatable bonds is 3. The van der Waals surface area contributed by atoms with Crippen LogP contribution in [0, 0.1) is 0 Å². The minimum Gasteiger partial charge on any atom is -0.444 e. The topological polar surface area (TPSA) is 109 Å². The summed E-state index contributed by atoms with van der Waals surface area (Å²) in [6.07, 6.45) is 4.10. The summed E-state index contributed by atoms with van der Waals surface area (Å²) in [5.41, 5.74) is 1.33. The summed E-state index contributed by atoms with van der Waals surface area (Å²) in [7, 11) is 0. The van der Waals surface area contributed by atoms with E-state index < -0.39 is 17.3 Å². The smallest absolute Gasteiger partial charge is 0.413 e. The second-order valence-corrected chi connectivity index (χ2v) is 9.59. The van der Waals surface area contributed by atoms with Crippen LogP contribution in [0.15, 0.2) is 24.5 Å². The molecule has 0 unspecified atom stereocenters. The molecule has 168 valence electrons. The number of ether oxygens (including phenoxy) is 2. The van der Waals surface area contributed by atoms with Gasteiger partial charge in [0.15, 0.2) is 0 Å². The van der Waals surface area contributed by atoms with Crippen LogP contribution in [0.25, 0.3) is 11.1 Å². The number of aromatic amines is 1. The maximum absolute atomic E-state index is 12.7. The molecule has 0 aliphatic carbocycles. The van der Waals surface area contributed by atoms with Gasteiger partial charge in [-0.15, -0.1) is 0 Å². The van der Waals surface area contributed by atoms with Crippen molar-refractivity contribution in [2.45, 2.75) is 71.6 Å². The highest BCUT2D eigenvalue weighted by Crippen LogP contribution is 2.37. The summed E-state index contributed by atoms with van der Waals surface area (Å²) in [6, 6.07) is 3.43. The maximum atomic E-state index is 12.7. The molecule has 1 aliphatic rings. The minimum absolute atomic E-state index is 0.164. The van der Waals surface area contributed by atoms with E-state index in [0.717, 1.165) is 29.7 Å². The fourth-order valence-electron chi connectivity index (χ4n) is 3.46. The lowest BCUT2D eigenvalue weighted by Gasteiger charge is -2.28. The number of nitrogens with zero attached hydrogens (tertiary/aromatic N) is 3. The van der Waals surface area contributed by atoms with Gasteiger partial charge in [0, 0.05) is 18.3 Å². The van der Waals surface area contributed by atoms with E-state index in [2.05, 4.69) is 20.5 Å². The van der Waals surface area contributed by atoms with E-state index in [1.165, 1.54) is 0 Å². The summed E-state index contributed by atoms with van der Waals surface area (Å²) in [5, 5.41) is 9.92. The monoisotopic (exact) mass is 429 g/mol. The van der Waals surface area contributed by atoms with Crippen molar-refractivity contribution in [3.8, 4) is 11.1 Å². The van der Waals surface area contributed by atoms with Gasteiger partial charge in [0.1, 0.15) is 17.0 Å². The van der Waals surface area contributed by atoms with Crippen LogP contribution in [0.3, 0.4) is 0 Å². The molecule has 0 bridgehead atoms. The fraction of sp³-hybridized carbons (Fsp3) is 0.545. The predicted molar refractivity (Wildman–Crippen MR) is 117 cm³/mol. The molecule has 2 N–H and O–H groups in total. The zero-order valence-electron chi connectivity index (χ0n) is 19.0. The SMILES string of the molecule is CC(C)(C)OC(=O)Nc1cc(-c2cn[nH]c2[C@H]2CCCN2C(=O)OC(C)(C)C)ccn1.